The molecule has 1 unspecified atom stereocenters. The molecule has 0 amide bonds. The summed E-state index contributed by atoms with van der Waals surface area (Å²) in [5, 5.41) is 0. The van der Waals surface area contributed by atoms with E-state index in [1.165, 1.54) is 51.4 Å². The van der Waals surface area contributed by atoms with Gasteiger partial charge in [-0.05, 0) is 27.4 Å². The zero-order valence-corrected chi connectivity index (χ0v) is 13.8. The third-order valence-corrected chi connectivity index (χ3v) is 3.11. The zero-order valence-electron chi connectivity index (χ0n) is 12.9. The lowest BCUT2D eigenvalue weighted by Gasteiger charge is -2.19. The summed E-state index contributed by atoms with van der Waals surface area (Å²) in [6, 6.07) is 0.755. The second-order valence-electron chi connectivity index (χ2n) is 5.24. The summed E-state index contributed by atoms with van der Waals surface area (Å²) >= 11 is 0. The first kappa shape index (κ1) is 21.4. The largest absolute Gasteiger partial charge is 0.466 e. The number of hydrogen-bond donors (Lipinski definition) is 3. The van der Waals surface area contributed by atoms with Crippen molar-refractivity contribution in [1.82, 2.24) is 4.90 Å². The van der Waals surface area contributed by atoms with E-state index < -0.39 is 7.82 Å². The van der Waals surface area contributed by atoms with E-state index in [-0.39, 0.29) is 0 Å². The first-order valence-electron chi connectivity index (χ1n) is 7.13. The summed E-state index contributed by atoms with van der Waals surface area (Å²) < 4.78 is 8.88. The molecule has 0 aliphatic rings. The minimum Gasteiger partial charge on any atom is -0.307 e. The van der Waals surface area contributed by atoms with Crippen molar-refractivity contribution in [1.29, 1.82) is 0 Å². The van der Waals surface area contributed by atoms with Crippen molar-refractivity contribution >= 4 is 7.82 Å². The Morgan fingerprint density at radius 2 is 1.32 bits per heavy atom. The van der Waals surface area contributed by atoms with Crippen LogP contribution in [-0.2, 0) is 4.57 Å². The molecule has 6 heteroatoms. The Morgan fingerprint density at radius 1 is 0.947 bits per heavy atom. The number of unbranched alkanes of at least 4 members (excludes halogenated alkanes) is 6. The second kappa shape index (κ2) is 13.1. The van der Waals surface area contributed by atoms with Gasteiger partial charge >= 0.3 is 7.82 Å². The zero-order chi connectivity index (χ0) is 15.3. The third-order valence-electron chi connectivity index (χ3n) is 3.11. The smallest absolute Gasteiger partial charge is 0.307 e. The lowest BCUT2D eigenvalue weighted by molar-refractivity contribution is 0.275. The quantitative estimate of drug-likeness (QED) is 0.450. The van der Waals surface area contributed by atoms with Gasteiger partial charge in [0.15, 0.2) is 0 Å². The van der Waals surface area contributed by atoms with E-state index in [4.69, 9.17) is 19.2 Å². The van der Waals surface area contributed by atoms with E-state index in [0.717, 1.165) is 6.04 Å². The van der Waals surface area contributed by atoms with E-state index in [2.05, 4.69) is 32.8 Å². The molecule has 0 heterocycles. The van der Waals surface area contributed by atoms with Crippen LogP contribution in [-0.4, -0.2) is 39.7 Å². The molecular weight excluding hydrogens is 265 g/mol. The van der Waals surface area contributed by atoms with Crippen LogP contribution in [0.25, 0.3) is 0 Å². The maximum absolute atomic E-state index is 8.88. The number of phosphoric acid groups is 1. The van der Waals surface area contributed by atoms with Gasteiger partial charge in [0, 0.05) is 6.04 Å². The topological polar surface area (TPSA) is 81.0 Å². The maximum Gasteiger partial charge on any atom is 0.466 e. The van der Waals surface area contributed by atoms with E-state index in [1.54, 1.807) is 0 Å². The van der Waals surface area contributed by atoms with Crippen LogP contribution in [0.3, 0.4) is 0 Å². The fourth-order valence-electron chi connectivity index (χ4n) is 1.66. The molecule has 0 bridgehead atoms. The van der Waals surface area contributed by atoms with Gasteiger partial charge in [0.2, 0.25) is 0 Å². The lowest BCUT2D eigenvalue weighted by Crippen LogP contribution is -2.24. The molecule has 0 aromatic rings. The Bertz CT molecular complexity index is 222. The normalized spacial score (nSPS) is 13.1. The van der Waals surface area contributed by atoms with Crippen LogP contribution in [0.5, 0.6) is 0 Å². The van der Waals surface area contributed by atoms with E-state index in [1.807, 2.05) is 0 Å². The molecule has 0 saturated heterocycles. The van der Waals surface area contributed by atoms with Gasteiger partial charge in [-0.15, -0.1) is 0 Å². The van der Waals surface area contributed by atoms with Gasteiger partial charge in [0.1, 0.15) is 0 Å². The van der Waals surface area contributed by atoms with Crippen molar-refractivity contribution < 1.29 is 19.2 Å². The molecule has 0 spiro atoms. The monoisotopic (exact) mass is 297 g/mol. The van der Waals surface area contributed by atoms with Crippen molar-refractivity contribution in [3.05, 3.63) is 0 Å². The Balaban J connectivity index is 0. The Morgan fingerprint density at radius 3 is 1.68 bits per heavy atom. The SMILES string of the molecule is CCCCCCCCCC(C)N(C)C.O=P(O)(O)O. The number of hydrogen-bond acceptors (Lipinski definition) is 2. The summed E-state index contributed by atoms with van der Waals surface area (Å²) in [6.07, 6.45) is 11.3. The van der Waals surface area contributed by atoms with Crippen LogP contribution in [0.1, 0.15) is 65.2 Å². The van der Waals surface area contributed by atoms with Gasteiger partial charge in [-0.1, -0.05) is 51.9 Å². The van der Waals surface area contributed by atoms with Gasteiger partial charge in [0.25, 0.3) is 0 Å². The highest BCUT2D eigenvalue weighted by Gasteiger charge is 2.02. The number of nitrogens with zero attached hydrogens (tertiary/aromatic N) is 1. The highest BCUT2D eigenvalue weighted by atomic mass is 31.2. The lowest BCUT2D eigenvalue weighted by atomic mass is 10.1. The highest BCUT2D eigenvalue weighted by Crippen LogP contribution is 2.25. The van der Waals surface area contributed by atoms with Crippen LogP contribution >= 0.6 is 7.82 Å². The first-order valence-corrected chi connectivity index (χ1v) is 8.69. The summed E-state index contributed by atoms with van der Waals surface area (Å²) in [5.41, 5.74) is 0. The Hall–Kier alpha value is 0.0700. The van der Waals surface area contributed by atoms with Crippen LogP contribution in [0, 0.1) is 0 Å². The molecular formula is C13H32NO4P. The van der Waals surface area contributed by atoms with Gasteiger partial charge < -0.3 is 19.6 Å². The van der Waals surface area contributed by atoms with Crippen molar-refractivity contribution in [3.8, 4) is 0 Å². The summed E-state index contributed by atoms with van der Waals surface area (Å²) in [6.45, 7) is 4.59. The molecule has 118 valence electrons. The van der Waals surface area contributed by atoms with Crippen LogP contribution < -0.4 is 0 Å². The fourth-order valence-corrected chi connectivity index (χ4v) is 1.66. The van der Waals surface area contributed by atoms with Crippen LogP contribution in [0.15, 0.2) is 0 Å². The molecule has 0 saturated carbocycles. The van der Waals surface area contributed by atoms with Crippen LogP contribution in [0.4, 0.5) is 0 Å². The fraction of sp³-hybridized carbons (Fsp3) is 1.00. The van der Waals surface area contributed by atoms with Gasteiger partial charge in [-0.3, -0.25) is 0 Å². The molecule has 0 aliphatic carbocycles. The minimum atomic E-state index is -4.64. The molecule has 1 atom stereocenters. The molecule has 19 heavy (non-hydrogen) atoms. The molecule has 0 radical (unpaired) electrons. The van der Waals surface area contributed by atoms with E-state index in [9.17, 15) is 0 Å². The minimum absolute atomic E-state index is 0.755. The Kier molecular flexibility index (Phi) is 14.7. The second-order valence-corrected chi connectivity index (χ2v) is 6.26. The van der Waals surface area contributed by atoms with Gasteiger partial charge in [0.05, 0.1) is 0 Å². The maximum atomic E-state index is 8.88. The van der Waals surface area contributed by atoms with Crippen LogP contribution in [0.2, 0.25) is 0 Å². The molecule has 3 N–H and O–H groups in total. The molecule has 0 aromatic heterocycles. The summed E-state index contributed by atoms with van der Waals surface area (Å²) in [7, 11) is -0.294. The Labute approximate surface area is 118 Å². The average Bonchev–Trinajstić information content (AvgIpc) is 2.25. The first-order chi connectivity index (χ1) is 8.68. The predicted octanol–water partition coefficient (Wildman–Crippen LogP) is 3.15. The predicted molar refractivity (Wildman–Crippen MR) is 80.0 cm³/mol. The van der Waals surface area contributed by atoms with E-state index in [0.29, 0.717) is 0 Å². The molecule has 0 rings (SSSR count). The third kappa shape index (κ3) is 27.3. The molecule has 0 aliphatic heterocycles. The molecule has 0 fully saturated rings. The van der Waals surface area contributed by atoms with Crippen molar-refractivity contribution in [2.75, 3.05) is 14.1 Å². The summed E-state index contributed by atoms with van der Waals surface area (Å²) in [5.74, 6) is 0. The van der Waals surface area contributed by atoms with Gasteiger partial charge in [-0.25, -0.2) is 4.57 Å². The molecule has 5 nitrogen and oxygen atoms in total. The number of rotatable bonds is 9. The van der Waals surface area contributed by atoms with Crippen molar-refractivity contribution in [2.45, 2.75) is 71.3 Å². The van der Waals surface area contributed by atoms with E-state index >= 15 is 0 Å². The van der Waals surface area contributed by atoms with Crippen molar-refractivity contribution in [2.24, 2.45) is 0 Å². The standard InChI is InChI=1S/C13H29N.H3O4P/c1-5-6-7-8-9-10-11-12-13(2)14(3)4;1-5(2,3)4/h13H,5-12H2,1-4H3;(H3,1,2,3,4). The average molecular weight is 297 g/mol. The highest BCUT2D eigenvalue weighted by molar-refractivity contribution is 7.45. The molecule has 0 aromatic carbocycles. The van der Waals surface area contributed by atoms with Crippen molar-refractivity contribution in [3.63, 3.8) is 0 Å². The summed E-state index contributed by atoms with van der Waals surface area (Å²) in [4.78, 5) is 23.9. The van der Waals surface area contributed by atoms with Gasteiger partial charge in [-0.2, -0.15) is 0 Å².